The van der Waals surface area contributed by atoms with Gasteiger partial charge in [-0.1, -0.05) is 70.8 Å². The summed E-state index contributed by atoms with van der Waals surface area (Å²) in [6.07, 6.45) is 0.199. The van der Waals surface area contributed by atoms with Crippen molar-refractivity contribution in [1.82, 2.24) is 10.2 Å². The fourth-order valence-corrected chi connectivity index (χ4v) is 4.10. The van der Waals surface area contributed by atoms with E-state index in [1.807, 2.05) is 42.5 Å². The number of nitrogens with zero attached hydrogens (tertiary/aromatic N) is 2. The number of rotatable bonds is 4. The van der Waals surface area contributed by atoms with Crippen LogP contribution in [0.2, 0.25) is 8.67 Å². The number of fused-ring (bicyclic) bond motifs is 1. The second kappa shape index (κ2) is 7.07. The lowest BCUT2D eigenvalue weighted by Gasteiger charge is -2.05. The molecule has 0 spiro atoms. The van der Waals surface area contributed by atoms with Crippen molar-refractivity contribution in [1.29, 1.82) is 0 Å². The van der Waals surface area contributed by atoms with E-state index < -0.39 is 0 Å². The van der Waals surface area contributed by atoms with Crippen LogP contribution in [0.15, 0.2) is 52.9 Å². The Hall–Kier alpha value is -2.41. The maximum Gasteiger partial charge on any atom is 0.322 e. The molecule has 0 fully saturated rings. The smallest absolute Gasteiger partial charge is 0.322 e. The molecule has 2 heterocycles. The molecule has 8 heteroatoms. The molecular weight excluding hydrogens is 393 g/mol. The van der Waals surface area contributed by atoms with Gasteiger partial charge in [0.2, 0.25) is 5.91 Å². The fraction of sp³-hybridized carbons (Fsp3) is 0.0556. The van der Waals surface area contributed by atoms with Crippen LogP contribution in [-0.2, 0) is 11.2 Å². The van der Waals surface area contributed by atoms with Crippen LogP contribution in [0.3, 0.4) is 0 Å². The van der Waals surface area contributed by atoms with E-state index in [2.05, 4.69) is 15.5 Å². The van der Waals surface area contributed by atoms with Crippen LogP contribution in [0.5, 0.6) is 0 Å². The normalized spacial score (nSPS) is 11.0. The molecule has 0 aliphatic carbocycles. The molecule has 26 heavy (non-hydrogen) atoms. The van der Waals surface area contributed by atoms with Gasteiger partial charge in [0.1, 0.15) is 4.34 Å². The zero-order valence-corrected chi connectivity index (χ0v) is 15.5. The first-order chi connectivity index (χ1) is 12.6. The van der Waals surface area contributed by atoms with Crippen molar-refractivity contribution in [3.8, 4) is 11.5 Å². The minimum atomic E-state index is -0.244. The molecule has 0 aliphatic heterocycles. The first kappa shape index (κ1) is 17.0. The van der Waals surface area contributed by atoms with Crippen LogP contribution in [0.4, 0.5) is 6.01 Å². The highest BCUT2D eigenvalue weighted by molar-refractivity contribution is 7.20. The molecule has 5 nitrogen and oxygen atoms in total. The number of thiophene rings is 1. The zero-order chi connectivity index (χ0) is 18.1. The number of hydrogen-bond acceptors (Lipinski definition) is 5. The maximum absolute atomic E-state index is 12.4. The molecular formula is C18H11Cl2N3O2S. The number of benzene rings is 2. The van der Waals surface area contributed by atoms with E-state index in [1.165, 1.54) is 11.3 Å². The van der Waals surface area contributed by atoms with Gasteiger partial charge in [-0.05, 0) is 22.4 Å². The summed E-state index contributed by atoms with van der Waals surface area (Å²) in [6.45, 7) is 0. The summed E-state index contributed by atoms with van der Waals surface area (Å²) in [5.41, 5.74) is 1.47. The van der Waals surface area contributed by atoms with Gasteiger partial charge in [-0.15, -0.1) is 16.4 Å². The molecule has 2 aromatic heterocycles. The summed E-state index contributed by atoms with van der Waals surface area (Å²) in [6, 6.07) is 15.4. The topological polar surface area (TPSA) is 68.0 Å². The van der Waals surface area contributed by atoms with Crippen molar-refractivity contribution >= 4 is 57.2 Å². The van der Waals surface area contributed by atoms with Crippen molar-refractivity contribution < 1.29 is 9.21 Å². The molecule has 0 aliphatic rings. The van der Waals surface area contributed by atoms with Gasteiger partial charge < -0.3 is 4.42 Å². The van der Waals surface area contributed by atoms with Crippen molar-refractivity contribution in [3.05, 3.63) is 62.8 Å². The van der Waals surface area contributed by atoms with E-state index in [-0.39, 0.29) is 24.2 Å². The highest BCUT2D eigenvalue weighted by Gasteiger charge is 2.17. The number of anilines is 1. The molecule has 4 rings (SSSR count). The van der Waals surface area contributed by atoms with Gasteiger partial charge in [0, 0.05) is 0 Å². The summed E-state index contributed by atoms with van der Waals surface area (Å²) in [5.74, 6) is -0.0374. The van der Waals surface area contributed by atoms with Crippen LogP contribution in [-0.4, -0.2) is 16.1 Å². The Labute approximate surface area is 162 Å². The molecule has 130 valence electrons. The molecule has 1 N–H and O–H groups in total. The van der Waals surface area contributed by atoms with E-state index in [4.69, 9.17) is 27.6 Å². The Bertz CT molecular complexity index is 1100. The van der Waals surface area contributed by atoms with Gasteiger partial charge >= 0.3 is 6.01 Å². The molecule has 0 radical (unpaired) electrons. The van der Waals surface area contributed by atoms with Gasteiger partial charge in [-0.3, -0.25) is 10.1 Å². The molecule has 0 atom stereocenters. The van der Waals surface area contributed by atoms with Crippen LogP contribution >= 0.6 is 34.5 Å². The average molecular weight is 404 g/mol. The van der Waals surface area contributed by atoms with Gasteiger partial charge in [-0.25, -0.2) is 0 Å². The summed E-state index contributed by atoms with van der Waals surface area (Å²) in [5, 5.41) is 12.5. The fourth-order valence-electron chi connectivity index (χ4n) is 2.65. The highest BCUT2D eigenvalue weighted by Crippen LogP contribution is 2.37. The van der Waals surface area contributed by atoms with Crippen LogP contribution in [0.1, 0.15) is 5.56 Å². The third-order valence-corrected chi connectivity index (χ3v) is 5.28. The third kappa shape index (κ3) is 3.44. The van der Waals surface area contributed by atoms with E-state index in [1.54, 1.807) is 6.07 Å². The second-order valence-electron chi connectivity index (χ2n) is 5.51. The van der Waals surface area contributed by atoms with E-state index in [0.29, 0.717) is 14.2 Å². The molecule has 1 amide bonds. The monoisotopic (exact) mass is 403 g/mol. The average Bonchev–Trinajstić information content (AvgIpc) is 3.21. The van der Waals surface area contributed by atoms with Crippen LogP contribution in [0.25, 0.3) is 22.2 Å². The number of carbonyl (C=O) groups excluding carboxylic acids is 1. The number of hydrogen-bond donors (Lipinski definition) is 1. The molecule has 2 aromatic carbocycles. The van der Waals surface area contributed by atoms with Gasteiger partial charge in [0.15, 0.2) is 0 Å². The number of halogens is 2. The Morgan fingerprint density at radius 3 is 2.73 bits per heavy atom. The Morgan fingerprint density at radius 1 is 1.12 bits per heavy atom. The van der Waals surface area contributed by atoms with Crippen molar-refractivity contribution in [2.45, 2.75) is 6.42 Å². The first-order valence-electron chi connectivity index (χ1n) is 7.65. The molecule has 0 saturated carbocycles. The first-order valence-corrected chi connectivity index (χ1v) is 9.22. The number of aromatic nitrogens is 2. The second-order valence-corrected chi connectivity index (χ2v) is 7.80. The Morgan fingerprint density at radius 2 is 1.92 bits per heavy atom. The van der Waals surface area contributed by atoms with Gasteiger partial charge in [0.05, 0.1) is 16.3 Å². The standard InChI is InChI=1S/C18H11Cl2N3O2S/c19-14-9-13(16(20)26-14)17-22-23-18(25-17)21-15(24)8-11-6-3-5-10-4-1-2-7-12(10)11/h1-7,9H,8H2,(H,21,23,24). The van der Waals surface area contributed by atoms with E-state index in [9.17, 15) is 4.79 Å². The van der Waals surface area contributed by atoms with E-state index in [0.717, 1.165) is 16.3 Å². The van der Waals surface area contributed by atoms with Crippen molar-refractivity contribution in [3.63, 3.8) is 0 Å². The van der Waals surface area contributed by atoms with Crippen LogP contribution < -0.4 is 5.32 Å². The molecule has 0 saturated heterocycles. The number of carbonyl (C=O) groups is 1. The Kier molecular flexibility index (Phi) is 4.63. The summed E-state index contributed by atoms with van der Waals surface area (Å²) in [7, 11) is 0. The summed E-state index contributed by atoms with van der Waals surface area (Å²) >= 11 is 13.2. The minimum Gasteiger partial charge on any atom is -0.403 e. The lowest BCUT2D eigenvalue weighted by molar-refractivity contribution is -0.115. The van der Waals surface area contributed by atoms with Crippen LogP contribution in [0, 0.1) is 0 Å². The summed E-state index contributed by atoms with van der Waals surface area (Å²) in [4.78, 5) is 12.4. The molecule has 0 bridgehead atoms. The third-order valence-electron chi connectivity index (χ3n) is 3.79. The number of amides is 1. The highest BCUT2D eigenvalue weighted by atomic mass is 35.5. The van der Waals surface area contributed by atoms with Crippen molar-refractivity contribution in [2.75, 3.05) is 5.32 Å². The van der Waals surface area contributed by atoms with Gasteiger partial charge in [0.25, 0.3) is 5.89 Å². The molecule has 4 aromatic rings. The SMILES string of the molecule is O=C(Cc1cccc2ccccc12)Nc1nnc(-c2cc(Cl)sc2Cl)o1. The quantitative estimate of drug-likeness (QED) is 0.492. The van der Waals surface area contributed by atoms with E-state index >= 15 is 0 Å². The molecule has 0 unspecified atom stereocenters. The zero-order valence-electron chi connectivity index (χ0n) is 13.2. The minimum absolute atomic E-state index is 0.0172. The van der Waals surface area contributed by atoms with Gasteiger partial charge in [-0.2, -0.15) is 0 Å². The lowest BCUT2D eigenvalue weighted by Crippen LogP contribution is -2.14. The Balaban J connectivity index is 1.51. The predicted octanol–water partition coefficient (Wildman–Crippen LogP) is 5.44. The van der Waals surface area contributed by atoms with Crippen molar-refractivity contribution in [2.24, 2.45) is 0 Å². The summed E-state index contributed by atoms with van der Waals surface area (Å²) < 4.78 is 6.44. The maximum atomic E-state index is 12.4. The largest absolute Gasteiger partial charge is 0.403 e. The predicted molar refractivity (Wildman–Crippen MR) is 104 cm³/mol. The lowest BCUT2D eigenvalue weighted by atomic mass is 10.0. The number of nitrogens with one attached hydrogen (secondary N) is 1.